The Hall–Kier alpha value is -1.69. The van der Waals surface area contributed by atoms with Crippen molar-refractivity contribution in [2.75, 3.05) is 19.7 Å². The smallest absolute Gasteiger partial charge is 0.273 e. The molecule has 17 heavy (non-hydrogen) atoms. The highest BCUT2D eigenvalue weighted by Gasteiger charge is 2.27. The van der Waals surface area contributed by atoms with Crippen LogP contribution in [-0.4, -0.2) is 45.6 Å². The molecule has 6 nitrogen and oxygen atoms in total. The number of nitrogens with zero attached hydrogens (tertiary/aromatic N) is 2. The Labute approximate surface area is 98.3 Å². The predicted molar refractivity (Wildman–Crippen MR) is 60.6 cm³/mol. The van der Waals surface area contributed by atoms with Gasteiger partial charge in [-0.3, -0.25) is 9.59 Å². The number of aromatic amines is 1. The second-order valence-corrected chi connectivity index (χ2v) is 4.21. The summed E-state index contributed by atoms with van der Waals surface area (Å²) in [4.78, 5) is 30.8. The minimum absolute atomic E-state index is 0.156. The fraction of sp³-hybridized carbons (Fsp3) is 0.545. The van der Waals surface area contributed by atoms with Crippen LogP contribution in [0.2, 0.25) is 0 Å². The van der Waals surface area contributed by atoms with E-state index in [9.17, 15) is 9.59 Å². The van der Waals surface area contributed by atoms with Crippen molar-refractivity contribution in [3.05, 3.63) is 28.4 Å². The summed E-state index contributed by atoms with van der Waals surface area (Å²) >= 11 is 0. The first-order valence-electron chi connectivity index (χ1n) is 5.65. The lowest BCUT2D eigenvalue weighted by atomic mass is 10.1. The normalized spacial score (nSPS) is 19.6. The Morgan fingerprint density at radius 3 is 3.12 bits per heavy atom. The van der Waals surface area contributed by atoms with Gasteiger partial charge >= 0.3 is 0 Å². The van der Waals surface area contributed by atoms with Crippen molar-refractivity contribution in [2.24, 2.45) is 5.92 Å². The molecule has 2 heterocycles. The molecule has 2 N–H and O–H groups in total. The number of hydrogen-bond acceptors (Lipinski definition) is 4. The Morgan fingerprint density at radius 2 is 2.47 bits per heavy atom. The van der Waals surface area contributed by atoms with Gasteiger partial charge in [0.05, 0.1) is 6.20 Å². The molecule has 2 rings (SSSR count). The average Bonchev–Trinajstić information content (AvgIpc) is 2.78. The molecular formula is C11H15N3O3. The number of aromatic nitrogens is 2. The van der Waals surface area contributed by atoms with Crippen LogP contribution in [0.1, 0.15) is 23.3 Å². The van der Waals surface area contributed by atoms with Crippen LogP contribution in [0.25, 0.3) is 0 Å². The van der Waals surface area contributed by atoms with Crippen LogP contribution in [0.15, 0.2) is 17.2 Å². The third-order valence-electron chi connectivity index (χ3n) is 3.00. The van der Waals surface area contributed by atoms with Gasteiger partial charge in [0.2, 0.25) is 0 Å². The van der Waals surface area contributed by atoms with Crippen LogP contribution in [0, 0.1) is 5.92 Å². The molecule has 0 spiro atoms. The van der Waals surface area contributed by atoms with Crippen molar-refractivity contribution in [2.45, 2.75) is 12.8 Å². The Kier molecular flexibility index (Phi) is 3.53. The zero-order valence-electron chi connectivity index (χ0n) is 9.43. The van der Waals surface area contributed by atoms with Crippen LogP contribution in [0.5, 0.6) is 0 Å². The third kappa shape index (κ3) is 2.71. The molecule has 1 amide bonds. The molecule has 1 aliphatic rings. The van der Waals surface area contributed by atoms with Gasteiger partial charge in [-0.2, -0.15) is 0 Å². The lowest BCUT2D eigenvalue weighted by molar-refractivity contribution is 0.0778. The molecular weight excluding hydrogens is 222 g/mol. The number of carbonyl (C=O) groups is 1. The highest BCUT2D eigenvalue weighted by atomic mass is 16.3. The molecule has 1 saturated heterocycles. The first-order valence-corrected chi connectivity index (χ1v) is 5.65. The number of likely N-dealkylation sites (tertiary alicyclic amines) is 1. The third-order valence-corrected chi connectivity index (χ3v) is 3.00. The van der Waals surface area contributed by atoms with E-state index < -0.39 is 0 Å². The largest absolute Gasteiger partial charge is 0.396 e. The lowest BCUT2D eigenvalue weighted by Gasteiger charge is -2.15. The van der Waals surface area contributed by atoms with E-state index in [1.165, 1.54) is 6.20 Å². The maximum absolute atomic E-state index is 12.0. The van der Waals surface area contributed by atoms with Gasteiger partial charge in [0.1, 0.15) is 5.69 Å². The summed E-state index contributed by atoms with van der Waals surface area (Å²) in [6.45, 7) is 1.49. The zero-order chi connectivity index (χ0) is 12.3. The number of H-pyrrole nitrogens is 1. The van der Waals surface area contributed by atoms with Crippen LogP contribution < -0.4 is 5.56 Å². The molecule has 0 saturated carbocycles. The second kappa shape index (κ2) is 5.09. The van der Waals surface area contributed by atoms with Gasteiger partial charge in [-0.05, 0) is 18.8 Å². The maximum atomic E-state index is 12.0. The summed E-state index contributed by atoms with van der Waals surface area (Å²) < 4.78 is 0. The minimum atomic E-state index is -0.318. The fourth-order valence-corrected chi connectivity index (χ4v) is 2.06. The van der Waals surface area contributed by atoms with Crippen LogP contribution in [0.4, 0.5) is 0 Å². The molecule has 1 aromatic heterocycles. The van der Waals surface area contributed by atoms with Gasteiger partial charge in [0.15, 0.2) is 0 Å². The van der Waals surface area contributed by atoms with E-state index in [0.717, 1.165) is 19.0 Å². The van der Waals surface area contributed by atoms with Gasteiger partial charge in [0.25, 0.3) is 11.5 Å². The molecule has 1 aromatic rings. The monoisotopic (exact) mass is 237 g/mol. The average molecular weight is 237 g/mol. The van der Waals surface area contributed by atoms with E-state index in [0.29, 0.717) is 19.0 Å². The van der Waals surface area contributed by atoms with E-state index in [4.69, 9.17) is 5.11 Å². The lowest BCUT2D eigenvalue weighted by Crippen LogP contribution is -2.30. The summed E-state index contributed by atoms with van der Waals surface area (Å²) in [7, 11) is 0. The van der Waals surface area contributed by atoms with E-state index in [1.807, 2.05) is 0 Å². The molecule has 1 fully saturated rings. The predicted octanol–water partition coefficient (Wildman–Crippen LogP) is -0.386. The van der Waals surface area contributed by atoms with Gasteiger partial charge in [-0.1, -0.05) is 0 Å². The second-order valence-electron chi connectivity index (χ2n) is 4.21. The number of nitrogens with one attached hydrogen (secondary N) is 1. The first-order chi connectivity index (χ1) is 8.20. The molecule has 0 bridgehead atoms. The van der Waals surface area contributed by atoms with Gasteiger partial charge in [-0.15, -0.1) is 0 Å². The Morgan fingerprint density at radius 1 is 1.65 bits per heavy atom. The van der Waals surface area contributed by atoms with Crippen molar-refractivity contribution in [1.29, 1.82) is 0 Å². The van der Waals surface area contributed by atoms with Crippen LogP contribution in [-0.2, 0) is 0 Å². The highest BCUT2D eigenvalue weighted by molar-refractivity contribution is 5.92. The Bertz CT molecular complexity index is 437. The van der Waals surface area contributed by atoms with Crippen molar-refractivity contribution >= 4 is 5.91 Å². The molecule has 92 valence electrons. The Balaban J connectivity index is 2.02. The molecule has 0 aromatic carbocycles. The van der Waals surface area contributed by atoms with Gasteiger partial charge in [0, 0.05) is 25.9 Å². The SMILES string of the molecule is O=C(c1c[nH]c(=O)cn1)N1CCC(CCO)C1. The topological polar surface area (TPSA) is 86.3 Å². The van der Waals surface area contributed by atoms with Crippen LogP contribution in [0.3, 0.4) is 0 Å². The number of aliphatic hydroxyl groups is 1. The van der Waals surface area contributed by atoms with E-state index in [1.54, 1.807) is 4.90 Å². The molecule has 6 heteroatoms. The van der Waals surface area contributed by atoms with Gasteiger partial charge < -0.3 is 15.0 Å². The zero-order valence-corrected chi connectivity index (χ0v) is 9.43. The summed E-state index contributed by atoms with van der Waals surface area (Å²) in [5, 5.41) is 8.84. The van der Waals surface area contributed by atoms with E-state index >= 15 is 0 Å². The number of aliphatic hydroxyl groups excluding tert-OH is 1. The number of hydrogen-bond donors (Lipinski definition) is 2. The van der Waals surface area contributed by atoms with Gasteiger partial charge in [-0.25, -0.2) is 4.98 Å². The van der Waals surface area contributed by atoms with E-state index in [-0.39, 0.29) is 23.8 Å². The molecule has 1 atom stereocenters. The minimum Gasteiger partial charge on any atom is -0.396 e. The fourth-order valence-electron chi connectivity index (χ4n) is 2.06. The summed E-state index contributed by atoms with van der Waals surface area (Å²) in [6.07, 6.45) is 4.08. The number of rotatable bonds is 3. The summed E-state index contributed by atoms with van der Waals surface area (Å²) in [6, 6.07) is 0. The van der Waals surface area contributed by atoms with Crippen LogP contribution >= 0.6 is 0 Å². The number of amides is 1. The molecule has 0 radical (unpaired) electrons. The standard InChI is InChI=1S/C11H15N3O3/c15-4-2-8-1-3-14(7-8)11(17)9-5-13-10(16)6-12-9/h5-6,8,15H,1-4,7H2,(H,13,16). The first kappa shape index (κ1) is 11.8. The van der Waals surface area contributed by atoms with Crippen molar-refractivity contribution in [1.82, 2.24) is 14.9 Å². The van der Waals surface area contributed by atoms with E-state index in [2.05, 4.69) is 9.97 Å². The number of carbonyl (C=O) groups excluding carboxylic acids is 1. The summed E-state index contributed by atoms with van der Waals surface area (Å²) in [5.41, 5.74) is -0.0598. The molecule has 1 unspecified atom stereocenters. The maximum Gasteiger partial charge on any atom is 0.273 e. The molecule has 0 aliphatic carbocycles. The quantitative estimate of drug-likeness (QED) is 0.750. The summed E-state index contributed by atoms with van der Waals surface area (Å²) in [5.74, 6) is 0.202. The van der Waals surface area contributed by atoms with Crippen molar-refractivity contribution in [3.8, 4) is 0 Å². The van der Waals surface area contributed by atoms with Crippen molar-refractivity contribution in [3.63, 3.8) is 0 Å². The van der Waals surface area contributed by atoms with Crippen molar-refractivity contribution < 1.29 is 9.90 Å². The highest BCUT2D eigenvalue weighted by Crippen LogP contribution is 2.20. The molecule has 1 aliphatic heterocycles.